The Labute approximate surface area is 136 Å². The van der Waals surface area contributed by atoms with Gasteiger partial charge in [0, 0.05) is 23.4 Å². The second-order valence-electron chi connectivity index (χ2n) is 5.70. The van der Waals surface area contributed by atoms with Crippen LogP contribution in [0.1, 0.15) is 16.8 Å². The van der Waals surface area contributed by atoms with Crippen LogP contribution in [0.4, 0.5) is 0 Å². The van der Waals surface area contributed by atoms with Crippen LogP contribution in [0, 0.1) is 13.8 Å². The monoisotopic (exact) mass is 304 g/mol. The van der Waals surface area contributed by atoms with Crippen molar-refractivity contribution in [3.63, 3.8) is 0 Å². The first-order valence-corrected chi connectivity index (χ1v) is 7.84. The summed E-state index contributed by atoms with van der Waals surface area (Å²) < 4.78 is 1.80. The van der Waals surface area contributed by atoms with E-state index in [2.05, 4.69) is 17.1 Å². The highest BCUT2D eigenvalue weighted by molar-refractivity contribution is 5.55. The zero-order chi connectivity index (χ0) is 16.2. The predicted octanol–water partition coefficient (Wildman–Crippen LogP) is 3.77. The predicted molar refractivity (Wildman–Crippen MR) is 93.6 cm³/mol. The summed E-state index contributed by atoms with van der Waals surface area (Å²) in [4.78, 5) is 17.4. The fourth-order valence-electron chi connectivity index (χ4n) is 2.66. The van der Waals surface area contributed by atoms with Crippen LogP contribution in [-0.4, -0.2) is 9.55 Å². The lowest BCUT2D eigenvalue weighted by Gasteiger charge is -2.14. The Morgan fingerprint density at radius 2 is 1.52 bits per heavy atom. The van der Waals surface area contributed by atoms with Crippen LogP contribution >= 0.6 is 0 Å². The van der Waals surface area contributed by atoms with Gasteiger partial charge >= 0.3 is 0 Å². The van der Waals surface area contributed by atoms with Crippen molar-refractivity contribution in [2.75, 3.05) is 0 Å². The van der Waals surface area contributed by atoms with Crippen molar-refractivity contribution >= 4 is 0 Å². The van der Waals surface area contributed by atoms with Crippen molar-refractivity contribution in [3.8, 4) is 11.4 Å². The molecule has 0 saturated carbocycles. The first-order chi connectivity index (χ1) is 11.2. The van der Waals surface area contributed by atoms with Gasteiger partial charge in [-0.25, -0.2) is 4.98 Å². The van der Waals surface area contributed by atoms with E-state index in [-0.39, 0.29) is 5.56 Å². The van der Waals surface area contributed by atoms with E-state index in [1.165, 1.54) is 5.56 Å². The van der Waals surface area contributed by atoms with Gasteiger partial charge in [-0.05, 0) is 25.8 Å². The molecule has 0 bridgehead atoms. The van der Waals surface area contributed by atoms with Gasteiger partial charge in [-0.1, -0.05) is 60.7 Å². The van der Waals surface area contributed by atoms with Crippen LogP contribution < -0.4 is 5.56 Å². The first kappa shape index (κ1) is 15.2. The van der Waals surface area contributed by atoms with Gasteiger partial charge in [0.2, 0.25) is 0 Å². The minimum atomic E-state index is 0.0484. The molecule has 0 spiro atoms. The molecule has 0 unspecified atom stereocenters. The van der Waals surface area contributed by atoms with Gasteiger partial charge in [-0.3, -0.25) is 9.36 Å². The van der Waals surface area contributed by atoms with E-state index >= 15 is 0 Å². The Kier molecular flexibility index (Phi) is 4.38. The second kappa shape index (κ2) is 6.61. The molecular weight excluding hydrogens is 284 g/mol. The molecule has 0 aliphatic heterocycles. The fraction of sp³-hybridized carbons (Fsp3) is 0.200. The quantitative estimate of drug-likeness (QED) is 0.735. The number of aromatic nitrogens is 2. The Hall–Kier alpha value is -2.68. The highest BCUT2D eigenvalue weighted by Crippen LogP contribution is 2.17. The van der Waals surface area contributed by atoms with Gasteiger partial charge in [0.1, 0.15) is 5.82 Å². The summed E-state index contributed by atoms with van der Waals surface area (Å²) >= 11 is 0. The summed E-state index contributed by atoms with van der Waals surface area (Å²) in [6, 6.07) is 20.1. The molecule has 3 aromatic rings. The Bertz CT molecular complexity index is 852. The average Bonchev–Trinajstić information content (AvgIpc) is 2.60. The molecule has 23 heavy (non-hydrogen) atoms. The van der Waals surface area contributed by atoms with Crippen LogP contribution in [0.15, 0.2) is 65.5 Å². The zero-order valence-electron chi connectivity index (χ0n) is 13.5. The third kappa shape index (κ3) is 3.24. The number of hydrogen-bond acceptors (Lipinski definition) is 2. The number of benzene rings is 2. The molecule has 0 saturated heterocycles. The average molecular weight is 304 g/mol. The maximum absolute atomic E-state index is 12.7. The molecule has 0 radical (unpaired) electrons. The Morgan fingerprint density at radius 3 is 2.17 bits per heavy atom. The summed E-state index contributed by atoms with van der Waals surface area (Å²) in [7, 11) is 0. The van der Waals surface area contributed by atoms with Crippen LogP contribution in [-0.2, 0) is 13.0 Å². The van der Waals surface area contributed by atoms with Crippen molar-refractivity contribution < 1.29 is 0 Å². The molecule has 0 aliphatic carbocycles. The van der Waals surface area contributed by atoms with Gasteiger partial charge in [0.05, 0.1) is 0 Å². The molecule has 0 fully saturated rings. The van der Waals surface area contributed by atoms with Gasteiger partial charge in [0.25, 0.3) is 5.56 Å². The molecule has 3 rings (SSSR count). The molecule has 1 heterocycles. The third-order valence-corrected chi connectivity index (χ3v) is 4.14. The van der Waals surface area contributed by atoms with E-state index in [4.69, 9.17) is 0 Å². The number of rotatable bonds is 4. The smallest absolute Gasteiger partial charge is 0.256 e. The van der Waals surface area contributed by atoms with Crippen molar-refractivity contribution in [1.29, 1.82) is 0 Å². The van der Waals surface area contributed by atoms with E-state index in [0.29, 0.717) is 6.54 Å². The van der Waals surface area contributed by atoms with Crippen molar-refractivity contribution in [2.45, 2.75) is 26.8 Å². The fourth-order valence-corrected chi connectivity index (χ4v) is 2.66. The van der Waals surface area contributed by atoms with Crippen LogP contribution in [0.3, 0.4) is 0 Å². The molecule has 1 aromatic heterocycles. The standard InChI is InChI=1S/C20H20N2O/c1-15-16(2)21-19(18-11-7-4-8-12-18)22(20(15)23)14-13-17-9-5-3-6-10-17/h3-12H,13-14H2,1-2H3. The van der Waals surface area contributed by atoms with E-state index in [1.54, 1.807) is 4.57 Å². The second-order valence-corrected chi connectivity index (χ2v) is 5.70. The summed E-state index contributed by atoms with van der Waals surface area (Å²) in [6.45, 7) is 4.37. The highest BCUT2D eigenvalue weighted by atomic mass is 16.1. The minimum absolute atomic E-state index is 0.0484. The van der Waals surface area contributed by atoms with E-state index in [0.717, 1.165) is 29.1 Å². The lowest BCUT2D eigenvalue weighted by atomic mass is 10.1. The van der Waals surface area contributed by atoms with E-state index < -0.39 is 0 Å². The lowest BCUT2D eigenvalue weighted by molar-refractivity contribution is 0.655. The molecule has 3 nitrogen and oxygen atoms in total. The Balaban J connectivity index is 2.04. The van der Waals surface area contributed by atoms with Crippen LogP contribution in [0.5, 0.6) is 0 Å². The van der Waals surface area contributed by atoms with Gasteiger partial charge in [-0.15, -0.1) is 0 Å². The summed E-state index contributed by atoms with van der Waals surface area (Å²) in [5.41, 5.74) is 3.76. The van der Waals surface area contributed by atoms with Crippen LogP contribution in [0.2, 0.25) is 0 Å². The summed E-state index contributed by atoms with van der Waals surface area (Å²) in [5, 5.41) is 0. The molecule has 3 heteroatoms. The summed E-state index contributed by atoms with van der Waals surface area (Å²) in [5.74, 6) is 0.745. The summed E-state index contributed by atoms with van der Waals surface area (Å²) in [6.07, 6.45) is 0.810. The topological polar surface area (TPSA) is 34.9 Å². The van der Waals surface area contributed by atoms with E-state index in [1.807, 2.05) is 62.4 Å². The van der Waals surface area contributed by atoms with Gasteiger partial charge < -0.3 is 0 Å². The third-order valence-electron chi connectivity index (χ3n) is 4.14. The Morgan fingerprint density at radius 1 is 0.913 bits per heavy atom. The molecular formula is C20H20N2O. The highest BCUT2D eigenvalue weighted by Gasteiger charge is 2.12. The van der Waals surface area contributed by atoms with Crippen molar-refractivity contribution in [2.24, 2.45) is 0 Å². The molecule has 116 valence electrons. The number of aryl methyl sites for hydroxylation is 2. The van der Waals surface area contributed by atoms with Crippen molar-refractivity contribution in [1.82, 2.24) is 9.55 Å². The number of nitrogens with zero attached hydrogens (tertiary/aromatic N) is 2. The lowest BCUT2D eigenvalue weighted by Crippen LogP contribution is -2.27. The van der Waals surface area contributed by atoms with Gasteiger partial charge in [0.15, 0.2) is 0 Å². The largest absolute Gasteiger partial charge is 0.292 e. The molecule has 0 N–H and O–H groups in total. The molecule has 0 aliphatic rings. The zero-order valence-corrected chi connectivity index (χ0v) is 13.5. The van der Waals surface area contributed by atoms with Crippen molar-refractivity contribution in [3.05, 3.63) is 87.8 Å². The number of hydrogen-bond donors (Lipinski definition) is 0. The van der Waals surface area contributed by atoms with Crippen LogP contribution in [0.25, 0.3) is 11.4 Å². The maximum atomic E-state index is 12.7. The minimum Gasteiger partial charge on any atom is -0.292 e. The van der Waals surface area contributed by atoms with Gasteiger partial charge in [-0.2, -0.15) is 0 Å². The molecule has 0 atom stereocenters. The molecule has 2 aromatic carbocycles. The molecule has 0 amide bonds. The maximum Gasteiger partial charge on any atom is 0.256 e. The van der Waals surface area contributed by atoms with E-state index in [9.17, 15) is 4.79 Å². The normalized spacial score (nSPS) is 10.7. The SMILES string of the molecule is Cc1nc(-c2ccccc2)n(CCc2ccccc2)c(=O)c1C. The first-order valence-electron chi connectivity index (χ1n) is 7.84.